The van der Waals surface area contributed by atoms with E-state index >= 15 is 0 Å². The molecule has 0 atom stereocenters. The Balaban J connectivity index is 1.65. The van der Waals surface area contributed by atoms with Crippen LogP contribution in [0.4, 0.5) is 4.79 Å². The van der Waals surface area contributed by atoms with Crippen molar-refractivity contribution in [1.29, 1.82) is 0 Å². The van der Waals surface area contributed by atoms with Gasteiger partial charge >= 0.3 is 11.7 Å². The second-order valence-electron chi connectivity index (χ2n) is 8.60. The summed E-state index contributed by atoms with van der Waals surface area (Å²) in [5.41, 5.74) is -0.504. The Morgan fingerprint density at radius 1 is 1.00 bits per heavy atom. The number of methoxy groups -OCH3 is 1. The van der Waals surface area contributed by atoms with E-state index in [1.165, 1.54) is 24.5 Å². The summed E-state index contributed by atoms with van der Waals surface area (Å²) >= 11 is 0. The normalized spacial score (nSPS) is 18.0. The van der Waals surface area contributed by atoms with E-state index in [4.69, 9.17) is 9.15 Å². The third-order valence-electron chi connectivity index (χ3n) is 6.48. The van der Waals surface area contributed by atoms with Gasteiger partial charge < -0.3 is 14.5 Å². The number of imide groups is 1. The summed E-state index contributed by atoms with van der Waals surface area (Å²) in [6.07, 6.45) is 9.77. The molecule has 1 aromatic heterocycles. The number of carbonyl (C=O) groups excluding carboxylic acids is 2. The molecule has 3 amide bonds. The molecule has 2 aliphatic carbocycles. The fraction of sp³-hybridized carbons (Fsp3) is 0.542. The number of benzene rings is 1. The number of urea groups is 1. The van der Waals surface area contributed by atoms with Gasteiger partial charge in [-0.1, -0.05) is 38.5 Å². The highest BCUT2D eigenvalue weighted by Gasteiger charge is 2.34. The first-order chi connectivity index (χ1) is 15.1. The standard InChI is InChI=1S/C24H30N2O5/c1-30-19-13-12-16-14-20(23(28)31-21(16)15-19)22(27)26(18-10-6-3-7-11-18)24(29)25-17-8-4-2-5-9-17/h12-15,17-18H,2-11H2,1H3,(H,25,29). The fourth-order valence-corrected chi connectivity index (χ4v) is 4.75. The Morgan fingerprint density at radius 2 is 1.68 bits per heavy atom. The molecular formula is C24H30N2O5. The van der Waals surface area contributed by atoms with E-state index in [2.05, 4.69) is 5.32 Å². The van der Waals surface area contributed by atoms with Gasteiger partial charge in [-0.15, -0.1) is 0 Å². The molecule has 0 aliphatic heterocycles. The molecule has 0 bridgehead atoms. The maximum atomic E-state index is 13.5. The van der Waals surface area contributed by atoms with Crippen LogP contribution < -0.4 is 15.7 Å². The van der Waals surface area contributed by atoms with Gasteiger partial charge in [0.2, 0.25) is 0 Å². The predicted molar refractivity (Wildman–Crippen MR) is 117 cm³/mol. The second kappa shape index (κ2) is 9.54. The minimum atomic E-state index is -0.739. The van der Waals surface area contributed by atoms with Crippen LogP contribution in [0.25, 0.3) is 11.0 Å². The molecule has 2 fully saturated rings. The van der Waals surface area contributed by atoms with Crippen LogP contribution in [0.1, 0.15) is 74.6 Å². The fourth-order valence-electron chi connectivity index (χ4n) is 4.75. The lowest BCUT2D eigenvalue weighted by Gasteiger charge is -2.34. The first-order valence-electron chi connectivity index (χ1n) is 11.3. The summed E-state index contributed by atoms with van der Waals surface area (Å²) < 4.78 is 10.6. The molecule has 1 aromatic carbocycles. The zero-order valence-electron chi connectivity index (χ0n) is 18.0. The van der Waals surface area contributed by atoms with Gasteiger partial charge in [0.25, 0.3) is 5.91 Å². The summed E-state index contributed by atoms with van der Waals surface area (Å²) in [7, 11) is 1.53. The van der Waals surface area contributed by atoms with E-state index in [1.807, 2.05) is 0 Å². The maximum Gasteiger partial charge on any atom is 0.349 e. The number of fused-ring (bicyclic) bond motifs is 1. The molecule has 2 saturated carbocycles. The Kier molecular flexibility index (Phi) is 6.59. The van der Waals surface area contributed by atoms with Crippen molar-refractivity contribution in [3.05, 3.63) is 40.2 Å². The number of nitrogens with one attached hydrogen (secondary N) is 1. The SMILES string of the molecule is COc1ccc2cc(C(=O)N(C(=O)NC3CCCCC3)C3CCCCC3)c(=O)oc2c1. The van der Waals surface area contributed by atoms with Crippen molar-refractivity contribution in [2.24, 2.45) is 0 Å². The van der Waals surface area contributed by atoms with Crippen molar-refractivity contribution in [3.63, 3.8) is 0 Å². The van der Waals surface area contributed by atoms with Gasteiger partial charge in [0.1, 0.15) is 16.9 Å². The van der Waals surface area contributed by atoms with Crippen molar-refractivity contribution in [2.75, 3.05) is 7.11 Å². The number of ether oxygens (including phenoxy) is 1. The second-order valence-corrected chi connectivity index (χ2v) is 8.60. The molecule has 31 heavy (non-hydrogen) atoms. The highest BCUT2D eigenvalue weighted by molar-refractivity contribution is 6.05. The van der Waals surface area contributed by atoms with E-state index in [-0.39, 0.29) is 17.6 Å². The molecule has 1 N–H and O–H groups in total. The smallest absolute Gasteiger partial charge is 0.349 e. The molecular weight excluding hydrogens is 396 g/mol. The van der Waals surface area contributed by atoms with Crippen LogP contribution in [0.15, 0.2) is 33.5 Å². The molecule has 4 rings (SSSR count). The van der Waals surface area contributed by atoms with Crippen LogP contribution in [0.5, 0.6) is 5.75 Å². The number of rotatable bonds is 4. The van der Waals surface area contributed by atoms with Gasteiger partial charge in [-0.05, 0) is 43.9 Å². The van der Waals surface area contributed by atoms with E-state index in [0.717, 1.165) is 57.8 Å². The van der Waals surface area contributed by atoms with Gasteiger partial charge in [-0.25, -0.2) is 9.59 Å². The molecule has 166 valence electrons. The lowest BCUT2D eigenvalue weighted by Crippen LogP contribution is -2.53. The van der Waals surface area contributed by atoms with Crippen LogP contribution >= 0.6 is 0 Å². The van der Waals surface area contributed by atoms with E-state index in [0.29, 0.717) is 16.7 Å². The summed E-state index contributed by atoms with van der Waals surface area (Å²) in [6, 6.07) is 6.10. The van der Waals surface area contributed by atoms with Gasteiger partial charge in [0.15, 0.2) is 0 Å². The zero-order chi connectivity index (χ0) is 21.8. The molecule has 2 aliphatic rings. The topological polar surface area (TPSA) is 88.9 Å². The van der Waals surface area contributed by atoms with Crippen LogP contribution in [-0.4, -0.2) is 36.0 Å². The van der Waals surface area contributed by atoms with Crippen LogP contribution in [0, 0.1) is 0 Å². The highest BCUT2D eigenvalue weighted by atomic mass is 16.5. The quantitative estimate of drug-likeness (QED) is 0.721. The summed E-state index contributed by atoms with van der Waals surface area (Å²) in [4.78, 5) is 40.7. The molecule has 0 radical (unpaired) electrons. The molecule has 1 heterocycles. The number of carbonyl (C=O) groups is 2. The number of hydrogen-bond acceptors (Lipinski definition) is 5. The van der Waals surface area contributed by atoms with E-state index in [1.54, 1.807) is 18.2 Å². The minimum absolute atomic E-state index is 0.0839. The molecule has 7 heteroatoms. The Hall–Kier alpha value is -2.83. The van der Waals surface area contributed by atoms with Gasteiger partial charge in [0.05, 0.1) is 7.11 Å². The van der Waals surface area contributed by atoms with Crippen molar-refractivity contribution < 1.29 is 18.7 Å². The van der Waals surface area contributed by atoms with E-state index in [9.17, 15) is 14.4 Å². The summed E-state index contributed by atoms with van der Waals surface area (Å²) in [6.45, 7) is 0. The van der Waals surface area contributed by atoms with Gasteiger partial charge in [-0.3, -0.25) is 9.69 Å². The highest BCUT2D eigenvalue weighted by Crippen LogP contribution is 2.26. The summed E-state index contributed by atoms with van der Waals surface area (Å²) in [5.74, 6) is -0.0166. The van der Waals surface area contributed by atoms with Crippen molar-refractivity contribution in [1.82, 2.24) is 10.2 Å². The third kappa shape index (κ3) is 4.75. The van der Waals surface area contributed by atoms with Gasteiger partial charge in [-0.2, -0.15) is 0 Å². The third-order valence-corrected chi connectivity index (χ3v) is 6.48. The monoisotopic (exact) mass is 426 g/mol. The number of amides is 3. The van der Waals surface area contributed by atoms with Crippen molar-refractivity contribution in [2.45, 2.75) is 76.3 Å². The first-order valence-corrected chi connectivity index (χ1v) is 11.3. The van der Waals surface area contributed by atoms with E-state index < -0.39 is 17.6 Å². The molecule has 0 unspecified atom stereocenters. The molecule has 0 saturated heterocycles. The Labute approximate surface area is 181 Å². The number of hydrogen-bond donors (Lipinski definition) is 1. The van der Waals surface area contributed by atoms with Crippen LogP contribution in [0.3, 0.4) is 0 Å². The molecule has 0 spiro atoms. The van der Waals surface area contributed by atoms with Crippen LogP contribution in [0.2, 0.25) is 0 Å². The lowest BCUT2D eigenvalue weighted by atomic mass is 9.93. The first kappa shape index (κ1) is 21.4. The molecule has 7 nitrogen and oxygen atoms in total. The summed E-state index contributed by atoms with van der Waals surface area (Å²) in [5, 5.41) is 3.67. The van der Waals surface area contributed by atoms with Crippen molar-refractivity contribution in [3.8, 4) is 5.75 Å². The number of nitrogens with zero attached hydrogens (tertiary/aromatic N) is 1. The maximum absolute atomic E-state index is 13.5. The zero-order valence-corrected chi connectivity index (χ0v) is 18.0. The molecule has 2 aromatic rings. The van der Waals surface area contributed by atoms with Gasteiger partial charge in [0, 0.05) is 23.5 Å². The van der Waals surface area contributed by atoms with Crippen LogP contribution in [-0.2, 0) is 0 Å². The predicted octanol–water partition coefficient (Wildman–Crippen LogP) is 4.62. The largest absolute Gasteiger partial charge is 0.497 e. The lowest BCUT2D eigenvalue weighted by molar-refractivity contribution is 0.0698. The Morgan fingerprint density at radius 3 is 2.35 bits per heavy atom. The van der Waals surface area contributed by atoms with Crippen molar-refractivity contribution >= 4 is 22.9 Å². The average molecular weight is 427 g/mol. The average Bonchev–Trinajstić information content (AvgIpc) is 2.79. The Bertz CT molecular complexity index is 1000. The minimum Gasteiger partial charge on any atom is -0.497 e.